The number of benzene rings is 3. The lowest BCUT2D eigenvalue weighted by atomic mass is 10.1. The molecule has 6 nitrogen and oxygen atoms in total. The lowest BCUT2D eigenvalue weighted by Crippen LogP contribution is -2.25. The molecule has 0 bridgehead atoms. The number of hydrogen-bond donors (Lipinski definition) is 2. The van der Waals surface area contributed by atoms with Crippen LogP contribution in [0.25, 0.3) is 10.8 Å². The highest BCUT2D eigenvalue weighted by atomic mass is 32.2. The number of amides is 1. The van der Waals surface area contributed by atoms with Crippen LogP contribution < -0.4 is 16.6 Å². The first-order valence-corrected chi connectivity index (χ1v) is 11.3. The number of aromatic nitrogens is 2. The maximum absolute atomic E-state index is 12.8. The summed E-state index contributed by atoms with van der Waals surface area (Å²) >= 11 is 1.22. The third kappa shape index (κ3) is 5.18. The van der Waals surface area contributed by atoms with Gasteiger partial charge in [-0.2, -0.15) is 4.98 Å². The molecule has 4 aromatic rings. The molecule has 0 aliphatic carbocycles. The fourth-order valence-corrected chi connectivity index (χ4v) is 4.37. The van der Waals surface area contributed by atoms with Crippen LogP contribution in [0, 0.1) is 0 Å². The summed E-state index contributed by atoms with van der Waals surface area (Å²) in [6, 6.07) is 25.1. The summed E-state index contributed by atoms with van der Waals surface area (Å²) in [4.78, 5) is 28.9. The first-order valence-electron chi connectivity index (χ1n) is 10.4. The van der Waals surface area contributed by atoms with E-state index >= 15 is 0 Å². The zero-order valence-electron chi connectivity index (χ0n) is 17.7. The minimum atomic E-state index is -0.474. The zero-order valence-corrected chi connectivity index (χ0v) is 18.5. The first-order chi connectivity index (χ1) is 15.5. The molecule has 1 aromatic heterocycles. The number of aryl methyl sites for hydroxylation is 1. The van der Waals surface area contributed by atoms with E-state index in [1.165, 1.54) is 17.8 Å². The molecule has 7 heteroatoms. The van der Waals surface area contributed by atoms with Crippen LogP contribution in [0.5, 0.6) is 0 Å². The van der Waals surface area contributed by atoms with Gasteiger partial charge in [-0.05, 0) is 41.8 Å². The van der Waals surface area contributed by atoms with E-state index < -0.39 is 10.8 Å². The second kappa shape index (κ2) is 9.70. The number of anilines is 2. The number of carbonyl (C=O) groups is 1. The van der Waals surface area contributed by atoms with Gasteiger partial charge in [0.15, 0.2) is 5.16 Å². The second-order valence-electron chi connectivity index (χ2n) is 7.50. The summed E-state index contributed by atoms with van der Waals surface area (Å²) in [5.41, 5.74) is 7.59. The smallest absolute Gasteiger partial charge is 0.275 e. The standard InChI is InChI=1S/C25H24N4O2S/c1-17(24(31)27-21-12-11-19-9-5-6-10-20(19)15-21)32-25-28-23(30)16-22(26)29(25)14-13-18-7-3-2-4-8-18/h2-12,15-17H,13-14,26H2,1H3,(H,27,31)/t17-/m1/s1. The Bertz CT molecular complexity index is 1300. The van der Waals surface area contributed by atoms with E-state index in [-0.39, 0.29) is 5.91 Å². The quantitative estimate of drug-likeness (QED) is 0.327. The lowest BCUT2D eigenvalue weighted by molar-refractivity contribution is -0.115. The predicted octanol–water partition coefficient (Wildman–Crippen LogP) is 4.34. The van der Waals surface area contributed by atoms with Gasteiger partial charge in [-0.3, -0.25) is 9.59 Å². The van der Waals surface area contributed by atoms with E-state index in [4.69, 9.17) is 5.73 Å². The molecule has 1 heterocycles. The maximum atomic E-state index is 12.8. The molecule has 0 spiro atoms. The third-order valence-electron chi connectivity index (χ3n) is 5.16. The SMILES string of the molecule is C[C@@H](Sc1nc(=O)cc(N)n1CCc1ccccc1)C(=O)Nc1ccc2ccccc2c1. The van der Waals surface area contributed by atoms with Crippen LogP contribution in [0.3, 0.4) is 0 Å². The van der Waals surface area contributed by atoms with Gasteiger partial charge < -0.3 is 15.6 Å². The van der Waals surface area contributed by atoms with Crippen molar-refractivity contribution in [3.05, 3.63) is 94.8 Å². The van der Waals surface area contributed by atoms with E-state index in [0.29, 0.717) is 17.5 Å². The Kier molecular flexibility index (Phi) is 6.56. The van der Waals surface area contributed by atoms with Crippen molar-refractivity contribution in [2.75, 3.05) is 11.1 Å². The molecule has 1 amide bonds. The van der Waals surface area contributed by atoms with E-state index in [9.17, 15) is 9.59 Å². The van der Waals surface area contributed by atoms with Gasteiger partial charge in [0.2, 0.25) is 5.91 Å². The highest BCUT2D eigenvalue weighted by Crippen LogP contribution is 2.25. The molecule has 0 fully saturated rings. The first kappa shape index (κ1) is 21.6. The Morgan fingerprint density at radius 3 is 2.53 bits per heavy atom. The largest absolute Gasteiger partial charge is 0.385 e. The highest BCUT2D eigenvalue weighted by molar-refractivity contribution is 8.00. The number of hydrogen-bond acceptors (Lipinski definition) is 5. The fourth-order valence-electron chi connectivity index (χ4n) is 3.42. The summed E-state index contributed by atoms with van der Waals surface area (Å²) in [7, 11) is 0. The molecule has 1 atom stereocenters. The average molecular weight is 445 g/mol. The van der Waals surface area contributed by atoms with Crippen LogP contribution >= 0.6 is 11.8 Å². The van der Waals surface area contributed by atoms with Gasteiger partial charge in [-0.25, -0.2) is 0 Å². The van der Waals surface area contributed by atoms with Gasteiger partial charge in [0.1, 0.15) is 5.82 Å². The number of fused-ring (bicyclic) bond motifs is 1. The number of nitrogens with two attached hydrogens (primary N) is 1. The molecule has 0 saturated carbocycles. The van der Waals surface area contributed by atoms with Gasteiger partial charge >= 0.3 is 0 Å². The summed E-state index contributed by atoms with van der Waals surface area (Å²) in [6.07, 6.45) is 0.737. The number of nitrogens with one attached hydrogen (secondary N) is 1. The van der Waals surface area contributed by atoms with E-state index in [0.717, 1.165) is 28.4 Å². The van der Waals surface area contributed by atoms with Gasteiger partial charge in [-0.1, -0.05) is 72.4 Å². The molecule has 0 radical (unpaired) electrons. The zero-order chi connectivity index (χ0) is 22.5. The number of thioether (sulfide) groups is 1. The molecule has 0 aliphatic rings. The van der Waals surface area contributed by atoms with Crippen molar-refractivity contribution in [1.82, 2.24) is 9.55 Å². The van der Waals surface area contributed by atoms with E-state index in [2.05, 4.69) is 10.3 Å². The van der Waals surface area contributed by atoms with Crippen molar-refractivity contribution in [3.8, 4) is 0 Å². The second-order valence-corrected chi connectivity index (χ2v) is 8.81. The van der Waals surface area contributed by atoms with Crippen LogP contribution in [0.15, 0.2) is 88.8 Å². The van der Waals surface area contributed by atoms with Gasteiger partial charge in [-0.15, -0.1) is 0 Å². The fraction of sp³-hybridized carbons (Fsp3) is 0.160. The summed E-state index contributed by atoms with van der Waals surface area (Å²) < 4.78 is 1.79. The van der Waals surface area contributed by atoms with Gasteiger partial charge in [0, 0.05) is 18.3 Å². The molecule has 162 valence electrons. The summed E-state index contributed by atoms with van der Waals surface area (Å²) in [5, 5.41) is 5.08. The summed E-state index contributed by atoms with van der Waals surface area (Å²) in [6.45, 7) is 2.35. The molecule has 0 unspecified atom stereocenters. The average Bonchev–Trinajstić information content (AvgIpc) is 2.79. The number of rotatable bonds is 7. The molecule has 3 N–H and O–H groups in total. The van der Waals surface area contributed by atoms with Crippen molar-refractivity contribution in [1.29, 1.82) is 0 Å². The molecule has 0 saturated heterocycles. The Balaban J connectivity index is 1.49. The van der Waals surface area contributed by atoms with Crippen molar-refractivity contribution < 1.29 is 4.79 Å². The van der Waals surface area contributed by atoms with Crippen molar-refractivity contribution in [2.24, 2.45) is 0 Å². The Labute approximate surface area is 190 Å². The van der Waals surface area contributed by atoms with Crippen LogP contribution in [0.4, 0.5) is 11.5 Å². The molecular formula is C25H24N4O2S. The van der Waals surface area contributed by atoms with Crippen LogP contribution in [0.2, 0.25) is 0 Å². The van der Waals surface area contributed by atoms with Crippen molar-refractivity contribution in [2.45, 2.75) is 30.3 Å². The molecule has 0 aliphatic heterocycles. The normalized spacial score (nSPS) is 11.9. The Hall–Kier alpha value is -3.58. The molecular weight excluding hydrogens is 420 g/mol. The predicted molar refractivity (Wildman–Crippen MR) is 131 cm³/mol. The highest BCUT2D eigenvalue weighted by Gasteiger charge is 2.19. The minimum Gasteiger partial charge on any atom is -0.385 e. The van der Waals surface area contributed by atoms with Crippen LogP contribution in [-0.2, 0) is 17.8 Å². The Morgan fingerprint density at radius 1 is 1.03 bits per heavy atom. The number of carbonyl (C=O) groups excluding carboxylic acids is 1. The topological polar surface area (TPSA) is 90.0 Å². The third-order valence-corrected chi connectivity index (χ3v) is 6.25. The van der Waals surface area contributed by atoms with Crippen molar-refractivity contribution >= 4 is 39.9 Å². The molecule has 3 aromatic carbocycles. The number of nitrogens with zero attached hydrogens (tertiary/aromatic N) is 2. The molecule has 32 heavy (non-hydrogen) atoms. The monoisotopic (exact) mass is 444 g/mol. The minimum absolute atomic E-state index is 0.170. The van der Waals surface area contributed by atoms with Crippen LogP contribution in [-0.4, -0.2) is 20.7 Å². The molecule has 4 rings (SSSR count). The van der Waals surface area contributed by atoms with Gasteiger partial charge in [0.25, 0.3) is 5.56 Å². The number of nitrogen functional groups attached to an aromatic ring is 1. The van der Waals surface area contributed by atoms with Crippen molar-refractivity contribution in [3.63, 3.8) is 0 Å². The van der Waals surface area contributed by atoms with Gasteiger partial charge in [0.05, 0.1) is 5.25 Å². The summed E-state index contributed by atoms with van der Waals surface area (Å²) in [5.74, 6) is 0.169. The maximum Gasteiger partial charge on any atom is 0.275 e. The lowest BCUT2D eigenvalue weighted by Gasteiger charge is -2.17. The van der Waals surface area contributed by atoms with E-state index in [1.807, 2.05) is 72.8 Å². The Morgan fingerprint density at radius 2 is 1.75 bits per heavy atom. The van der Waals surface area contributed by atoms with E-state index in [1.54, 1.807) is 11.5 Å². The van der Waals surface area contributed by atoms with Crippen LogP contribution in [0.1, 0.15) is 12.5 Å².